The van der Waals surface area contributed by atoms with Crippen LogP contribution in [0.25, 0.3) is 10.9 Å². The molecule has 0 saturated carbocycles. The fourth-order valence-corrected chi connectivity index (χ4v) is 4.18. The largest absolute Gasteiger partial charge is 0.361 e. The normalized spacial score (nSPS) is 17.5. The first-order valence-electron chi connectivity index (χ1n) is 8.65. The van der Waals surface area contributed by atoms with Crippen molar-refractivity contribution in [3.63, 3.8) is 0 Å². The summed E-state index contributed by atoms with van der Waals surface area (Å²) in [5.74, 6) is 1.95. The zero-order valence-corrected chi connectivity index (χ0v) is 17.6. The highest BCUT2D eigenvalue weighted by Gasteiger charge is 2.15. The molecule has 4 nitrogen and oxygen atoms in total. The highest BCUT2D eigenvalue weighted by molar-refractivity contribution is 14.0. The van der Waals surface area contributed by atoms with Gasteiger partial charge in [-0.25, -0.2) is 4.39 Å². The fourth-order valence-electron chi connectivity index (χ4n) is 3.00. The van der Waals surface area contributed by atoms with Gasteiger partial charge in [-0.05, 0) is 55.7 Å². The number of aliphatic imine (C=N–C) groups is 1. The average Bonchev–Trinajstić information content (AvgIpc) is 3.22. The third-order valence-electron chi connectivity index (χ3n) is 4.24. The van der Waals surface area contributed by atoms with E-state index in [-0.39, 0.29) is 29.8 Å². The van der Waals surface area contributed by atoms with E-state index in [1.54, 1.807) is 0 Å². The van der Waals surface area contributed by atoms with Crippen molar-refractivity contribution in [2.24, 2.45) is 4.99 Å². The molecule has 1 aromatic carbocycles. The number of guanidine groups is 1. The molecule has 1 fully saturated rings. The van der Waals surface area contributed by atoms with Crippen molar-refractivity contribution in [1.29, 1.82) is 0 Å². The summed E-state index contributed by atoms with van der Waals surface area (Å²) in [5, 5.41) is 8.46. The van der Waals surface area contributed by atoms with Crippen molar-refractivity contribution in [2.75, 3.05) is 25.4 Å². The number of nitrogens with one attached hydrogen (secondary N) is 3. The van der Waals surface area contributed by atoms with Gasteiger partial charge in [0.1, 0.15) is 5.82 Å². The van der Waals surface area contributed by atoms with E-state index in [1.807, 2.05) is 24.0 Å². The van der Waals surface area contributed by atoms with Crippen LogP contribution in [0, 0.1) is 5.82 Å². The number of nitrogens with zero attached hydrogens (tertiary/aromatic N) is 1. The molecule has 0 bridgehead atoms. The zero-order valence-electron chi connectivity index (χ0n) is 14.5. The Morgan fingerprint density at radius 1 is 1.40 bits per heavy atom. The van der Waals surface area contributed by atoms with Crippen molar-refractivity contribution >= 4 is 52.6 Å². The summed E-state index contributed by atoms with van der Waals surface area (Å²) >= 11 is 2.03. The Bertz CT molecular complexity index is 697. The van der Waals surface area contributed by atoms with Gasteiger partial charge in [-0.1, -0.05) is 0 Å². The molecule has 1 unspecified atom stereocenters. The number of fused-ring (bicyclic) bond motifs is 1. The third kappa shape index (κ3) is 5.77. The number of halogens is 2. The minimum absolute atomic E-state index is 0. The van der Waals surface area contributed by atoms with E-state index < -0.39 is 0 Å². The molecule has 0 aliphatic carbocycles. The number of hydrogen-bond acceptors (Lipinski definition) is 2. The number of rotatable bonds is 6. The second-order valence-corrected chi connectivity index (χ2v) is 7.44. The summed E-state index contributed by atoms with van der Waals surface area (Å²) < 4.78 is 13.2. The van der Waals surface area contributed by atoms with Gasteiger partial charge in [0.2, 0.25) is 0 Å². The second-order valence-electron chi connectivity index (χ2n) is 6.04. The topological polar surface area (TPSA) is 52.2 Å². The highest BCUT2D eigenvalue weighted by Crippen LogP contribution is 2.26. The minimum atomic E-state index is -0.208. The van der Waals surface area contributed by atoms with Crippen LogP contribution in [0.1, 0.15) is 25.3 Å². The molecular formula is C18H26FIN4S. The summed E-state index contributed by atoms with van der Waals surface area (Å²) in [5.41, 5.74) is 2.04. The average molecular weight is 476 g/mol. The predicted molar refractivity (Wildman–Crippen MR) is 117 cm³/mol. The van der Waals surface area contributed by atoms with Crippen LogP contribution in [-0.4, -0.2) is 41.6 Å². The summed E-state index contributed by atoms with van der Waals surface area (Å²) in [7, 11) is 0. The molecule has 1 aromatic heterocycles. The second kappa shape index (κ2) is 10.3. The van der Waals surface area contributed by atoms with Crippen LogP contribution in [0.3, 0.4) is 0 Å². The van der Waals surface area contributed by atoms with Crippen LogP contribution < -0.4 is 10.6 Å². The van der Waals surface area contributed by atoms with E-state index in [4.69, 9.17) is 4.99 Å². The van der Waals surface area contributed by atoms with Crippen LogP contribution in [0.5, 0.6) is 0 Å². The van der Waals surface area contributed by atoms with Crippen LogP contribution in [-0.2, 0) is 6.42 Å². The summed E-state index contributed by atoms with van der Waals surface area (Å²) in [6, 6.07) is 4.89. The van der Waals surface area contributed by atoms with E-state index >= 15 is 0 Å². The molecule has 1 aliphatic heterocycles. The predicted octanol–water partition coefficient (Wildman–Crippen LogP) is 3.92. The molecule has 25 heavy (non-hydrogen) atoms. The molecule has 3 N–H and O–H groups in total. The van der Waals surface area contributed by atoms with Gasteiger partial charge in [0.05, 0.1) is 6.54 Å². The van der Waals surface area contributed by atoms with Crippen molar-refractivity contribution in [3.05, 3.63) is 35.8 Å². The van der Waals surface area contributed by atoms with E-state index in [2.05, 4.69) is 22.5 Å². The summed E-state index contributed by atoms with van der Waals surface area (Å²) in [6.07, 6.45) is 5.43. The fraction of sp³-hybridized carbons (Fsp3) is 0.500. The molecule has 7 heteroatoms. The zero-order chi connectivity index (χ0) is 16.8. The van der Waals surface area contributed by atoms with Crippen molar-refractivity contribution in [3.8, 4) is 0 Å². The molecular weight excluding hydrogens is 450 g/mol. The Morgan fingerprint density at radius 3 is 3.04 bits per heavy atom. The van der Waals surface area contributed by atoms with Crippen LogP contribution in [0.4, 0.5) is 4.39 Å². The number of thioether (sulfide) groups is 1. The SMILES string of the molecule is CCNC(=NCC1CCCS1)NCCc1c[nH]c2cc(F)ccc12.I. The summed E-state index contributed by atoms with van der Waals surface area (Å²) in [6.45, 7) is 4.62. The van der Waals surface area contributed by atoms with Gasteiger partial charge < -0.3 is 15.6 Å². The third-order valence-corrected chi connectivity index (χ3v) is 5.62. The smallest absolute Gasteiger partial charge is 0.191 e. The number of aromatic amines is 1. The maximum Gasteiger partial charge on any atom is 0.191 e. The number of H-pyrrole nitrogens is 1. The molecule has 2 aromatic rings. The van der Waals surface area contributed by atoms with Crippen LogP contribution in [0.2, 0.25) is 0 Å². The first kappa shape index (κ1) is 20.4. The molecule has 1 atom stereocenters. The lowest BCUT2D eigenvalue weighted by atomic mass is 10.1. The number of aromatic nitrogens is 1. The van der Waals surface area contributed by atoms with Gasteiger partial charge in [0.15, 0.2) is 5.96 Å². The Hall–Kier alpha value is -0.960. The molecule has 0 radical (unpaired) electrons. The van der Waals surface area contributed by atoms with Gasteiger partial charge in [-0.15, -0.1) is 24.0 Å². The first-order valence-corrected chi connectivity index (χ1v) is 9.70. The van der Waals surface area contributed by atoms with Gasteiger partial charge >= 0.3 is 0 Å². The van der Waals surface area contributed by atoms with Gasteiger partial charge in [0.25, 0.3) is 0 Å². The molecule has 3 rings (SSSR count). The molecule has 1 aliphatic rings. The standard InChI is InChI=1S/C18H25FN4S.HI/c1-2-20-18(23-12-15-4-3-9-24-15)21-8-7-13-11-22-17-10-14(19)5-6-16(13)17;/h5-6,10-11,15,22H,2-4,7-9,12H2,1H3,(H2,20,21,23);1H. The number of hydrogen-bond donors (Lipinski definition) is 3. The summed E-state index contributed by atoms with van der Waals surface area (Å²) in [4.78, 5) is 7.84. The van der Waals surface area contributed by atoms with Gasteiger partial charge in [-0.3, -0.25) is 4.99 Å². The van der Waals surface area contributed by atoms with Crippen molar-refractivity contribution in [1.82, 2.24) is 15.6 Å². The quantitative estimate of drug-likeness (QED) is 0.337. The molecule has 0 amide bonds. The number of benzene rings is 1. The minimum Gasteiger partial charge on any atom is -0.361 e. The maximum atomic E-state index is 13.2. The van der Waals surface area contributed by atoms with Gasteiger partial charge in [-0.2, -0.15) is 11.8 Å². The molecule has 138 valence electrons. The highest BCUT2D eigenvalue weighted by atomic mass is 127. The van der Waals surface area contributed by atoms with E-state index in [0.717, 1.165) is 42.9 Å². The molecule has 2 heterocycles. The lowest BCUT2D eigenvalue weighted by Crippen LogP contribution is -2.38. The van der Waals surface area contributed by atoms with E-state index in [0.29, 0.717) is 5.25 Å². The molecule has 1 saturated heterocycles. The van der Waals surface area contributed by atoms with Crippen molar-refractivity contribution in [2.45, 2.75) is 31.4 Å². The maximum absolute atomic E-state index is 13.2. The lowest BCUT2D eigenvalue weighted by molar-refractivity contribution is 0.629. The molecule has 0 spiro atoms. The Kier molecular flexibility index (Phi) is 8.35. The Morgan fingerprint density at radius 2 is 2.28 bits per heavy atom. The van der Waals surface area contributed by atoms with Crippen LogP contribution >= 0.6 is 35.7 Å². The lowest BCUT2D eigenvalue weighted by Gasteiger charge is -2.12. The first-order chi connectivity index (χ1) is 11.8. The van der Waals surface area contributed by atoms with Gasteiger partial charge in [0, 0.05) is 35.4 Å². The van der Waals surface area contributed by atoms with E-state index in [1.165, 1.54) is 36.3 Å². The van der Waals surface area contributed by atoms with E-state index in [9.17, 15) is 4.39 Å². The monoisotopic (exact) mass is 476 g/mol. The Balaban J connectivity index is 0.00000225. The Labute approximate surface area is 169 Å². The van der Waals surface area contributed by atoms with Crippen LogP contribution in [0.15, 0.2) is 29.4 Å². The van der Waals surface area contributed by atoms with Crippen molar-refractivity contribution < 1.29 is 4.39 Å².